The van der Waals surface area contributed by atoms with E-state index in [1.165, 1.54) is 4.90 Å². The fraction of sp³-hybridized carbons (Fsp3) is 0.500. The Bertz CT molecular complexity index is 449. The van der Waals surface area contributed by atoms with Crippen LogP contribution in [0.25, 0.3) is 0 Å². The predicted octanol–water partition coefficient (Wildman–Crippen LogP) is 3.16. The average Bonchev–Trinajstić information content (AvgIpc) is 2.38. The van der Waals surface area contributed by atoms with Crippen LogP contribution in [-0.2, 0) is 0 Å². The van der Waals surface area contributed by atoms with E-state index in [1.54, 1.807) is 0 Å². The monoisotopic (exact) mass is 282 g/mol. The van der Waals surface area contributed by atoms with Crippen molar-refractivity contribution in [2.24, 2.45) is 5.92 Å². The van der Waals surface area contributed by atoms with Gasteiger partial charge in [-0.25, -0.2) is 4.79 Å². The Morgan fingerprint density at radius 3 is 2.58 bits per heavy atom. The quantitative estimate of drug-likeness (QED) is 0.906. The Hall–Kier alpha value is -1.42. The van der Waals surface area contributed by atoms with E-state index in [0.717, 1.165) is 17.1 Å². The van der Waals surface area contributed by atoms with Gasteiger partial charge in [0, 0.05) is 36.9 Å². The summed E-state index contributed by atoms with van der Waals surface area (Å²) in [6.45, 7) is 3.30. The summed E-state index contributed by atoms with van der Waals surface area (Å²) in [5.74, 6) is 0.311. The smallest absolute Gasteiger partial charge is 0.407 e. The third-order valence-corrected chi connectivity index (χ3v) is 4.11. The molecule has 4 nitrogen and oxygen atoms in total. The summed E-state index contributed by atoms with van der Waals surface area (Å²) in [6.07, 6.45) is 0.0338. The summed E-state index contributed by atoms with van der Waals surface area (Å²) >= 11 is 5.89. The van der Waals surface area contributed by atoms with Crippen molar-refractivity contribution < 1.29 is 9.90 Å². The van der Waals surface area contributed by atoms with Gasteiger partial charge in [0.15, 0.2) is 0 Å². The van der Waals surface area contributed by atoms with E-state index in [1.807, 2.05) is 24.3 Å². The van der Waals surface area contributed by atoms with Gasteiger partial charge < -0.3 is 14.9 Å². The van der Waals surface area contributed by atoms with Gasteiger partial charge in [-0.05, 0) is 36.6 Å². The third-order valence-electron chi connectivity index (χ3n) is 3.86. The van der Waals surface area contributed by atoms with Crippen molar-refractivity contribution in [3.63, 3.8) is 0 Å². The molecule has 0 unspecified atom stereocenters. The van der Waals surface area contributed by atoms with E-state index >= 15 is 0 Å². The zero-order chi connectivity index (χ0) is 14.0. The highest BCUT2D eigenvalue weighted by molar-refractivity contribution is 6.30. The van der Waals surface area contributed by atoms with Crippen LogP contribution in [0.4, 0.5) is 10.5 Å². The molecule has 1 N–H and O–H groups in total. The maximum Gasteiger partial charge on any atom is 0.407 e. The van der Waals surface area contributed by atoms with Crippen LogP contribution in [0.1, 0.15) is 13.3 Å². The minimum atomic E-state index is -0.820. The zero-order valence-corrected chi connectivity index (χ0v) is 12.0. The number of nitrogens with zero attached hydrogens (tertiary/aromatic N) is 2. The van der Waals surface area contributed by atoms with E-state index < -0.39 is 6.09 Å². The molecular formula is C14H19ClN2O2. The first-order valence-electron chi connectivity index (χ1n) is 6.45. The van der Waals surface area contributed by atoms with Crippen LogP contribution in [0.3, 0.4) is 0 Å². The molecule has 0 bridgehead atoms. The normalized spacial score (nSPS) is 23.2. The lowest BCUT2D eigenvalue weighted by molar-refractivity contribution is 0.116. The second-order valence-corrected chi connectivity index (χ2v) is 5.59. The lowest BCUT2D eigenvalue weighted by atomic mass is 9.92. The van der Waals surface area contributed by atoms with Crippen LogP contribution >= 0.6 is 11.6 Å². The van der Waals surface area contributed by atoms with Gasteiger partial charge in [0.25, 0.3) is 0 Å². The molecule has 104 valence electrons. The Labute approximate surface area is 118 Å². The molecule has 1 aliphatic heterocycles. The van der Waals surface area contributed by atoms with Crippen molar-refractivity contribution >= 4 is 23.4 Å². The van der Waals surface area contributed by atoms with Crippen LogP contribution in [0.2, 0.25) is 5.02 Å². The number of carboxylic acid groups (broad SMARTS) is 1. The Morgan fingerprint density at radius 1 is 1.42 bits per heavy atom. The number of rotatable bonds is 2. The van der Waals surface area contributed by atoms with Gasteiger partial charge in [-0.2, -0.15) is 0 Å². The molecule has 2 rings (SSSR count). The molecule has 0 aromatic heterocycles. The third kappa shape index (κ3) is 3.13. The summed E-state index contributed by atoms with van der Waals surface area (Å²) in [4.78, 5) is 14.7. The number of amides is 1. The van der Waals surface area contributed by atoms with Gasteiger partial charge in [-0.15, -0.1) is 0 Å². The van der Waals surface area contributed by atoms with Gasteiger partial charge in [0.1, 0.15) is 0 Å². The van der Waals surface area contributed by atoms with Crippen molar-refractivity contribution in [3.8, 4) is 0 Å². The van der Waals surface area contributed by atoms with Crippen LogP contribution in [0, 0.1) is 5.92 Å². The van der Waals surface area contributed by atoms with E-state index in [-0.39, 0.29) is 0 Å². The Kier molecular flexibility index (Phi) is 4.20. The minimum absolute atomic E-state index is 0.311. The van der Waals surface area contributed by atoms with Crippen LogP contribution < -0.4 is 4.90 Å². The maximum atomic E-state index is 11.0. The van der Waals surface area contributed by atoms with Crippen molar-refractivity contribution in [1.82, 2.24) is 4.90 Å². The number of halogens is 1. The first-order chi connectivity index (χ1) is 8.99. The molecule has 1 heterocycles. The highest BCUT2D eigenvalue weighted by Gasteiger charge is 2.31. The molecule has 1 fully saturated rings. The molecule has 1 aromatic rings. The Balaban J connectivity index is 2.06. The molecule has 0 radical (unpaired) electrons. The van der Waals surface area contributed by atoms with Crippen molar-refractivity contribution in [2.75, 3.05) is 25.0 Å². The average molecular weight is 283 g/mol. The summed E-state index contributed by atoms with van der Waals surface area (Å²) < 4.78 is 0. The first kappa shape index (κ1) is 14.0. The summed E-state index contributed by atoms with van der Waals surface area (Å²) in [7, 11) is 2.06. The SMILES string of the molecule is C[C@H]1CN(C(=O)O)CC[C@H]1N(C)c1ccc(Cl)cc1. The molecule has 0 spiro atoms. The molecular weight excluding hydrogens is 264 g/mol. The van der Waals surface area contributed by atoms with Crippen molar-refractivity contribution in [2.45, 2.75) is 19.4 Å². The van der Waals surface area contributed by atoms with Crippen molar-refractivity contribution in [3.05, 3.63) is 29.3 Å². The number of likely N-dealkylation sites (tertiary alicyclic amines) is 1. The number of piperidine rings is 1. The van der Waals surface area contributed by atoms with Crippen LogP contribution in [0.15, 0.2) is 24.3 Å². The summed E-state index contributed by atoms with van der Waals surface area (Å²) in [5.41, 5.74) is 1.12. The number of benzene rings is 1. The number of hydrogen-bond donors (Lipinski definition) is 1. The molecule has 1 amide bonds. The van der Waals surface area contributed by atoms with Gasteiger partial charge >= 0.3 is 6.09 Å². The molecule has 1 aliphatic rings. The minimum Gasteiger partial charge on any atom is -0.465 e. The number of anilines is 1. The molecule has 5 heteroatoms. The van der Waals surface area contributed by atoms with E-state index in [0.29, 0.717) is 25.0 Å². The largest absolute Gasteiger partial charge is 0.465 e. The topological polar surface area (TPSA) is 43.8 Å². The van der Waals surface area contributed by atoms with Crippen LogP contribution in [0.5, 0.6) is 0 Å². The molecule has 0 aliphatic carbocycles. The van der Waals surface area contributed by atoms with E-state index in [9.17, 15) is 4.79 Å². The predicted molar refractivity (Wildman–Crippen MR) is 77.0 cm³/mol. The molecule has 2 atom stereocenters. The van der Waals surface area contributed by atoms with E-state index in [2.05, 4.69) is 18.9 Å². The first-order valence-corrected chi connectivity index (χ1v) is 6.83. The fourth-order valence-electron chi connectivity index (χ4n) is 2.75. The lowest BCUT2D eigenvalue weighted by Crippen LogP contribution is -2.50. The van der Waals surface area contributed by atoms with E-state index in [4.69, 9.17) is 16.7 Å². The zero-order valence-electron chi connectivity index (χ0n) is 11.2. The lowest BCUT2D eigenvalue weighted by Gasteiger charge is -2.41. The molecule has 1 saturated heterocycles. The second-order valence-electron chi connectivity index (χ2n) is 5.15. The van der Waals surface area contributed by atoms with Crippen LogP contribution in [-0.4, -0.2) is 42.3 Å². The molecule has 1 aromatic carbocycles. The number of carbonyl (C=O) groups is 1. The van der Waals surface area contributed by atoms with Gasteiger partial charge in [-0.3, -0.25) is 0 Å². The number of hydrogen-bond acceptors (Lipinski definition) is 2. The molecule has 0 saturated carbocycles. The van der Waals surface area contributed by atoms with Crippen molar-refractivity contribution in [1.29, 1.82) is 0 Å². The summed E-state index contributed by atoms with van der Waals surface area (Å²) in [6, 6.07) is 8.11. The second kappa shape index (κ2) is 5.70. The Morgan fingerprint density at radius 2 is 2.05 bits per heavy atom. The van der Waals surface area contributed by atoms with Gasteiger partial charge in [0.2, 0.25) is 0 Å². The highest BCUT2D eigenvalue weighted by atomic mass is 35.5. The maximum absolute atomic E-state index is 11.0. The highest BCUT2D eigenvalue weighted by Crippen LogP contribution is 2.26. The fourth-order valence-corrected chi connectivity index (χ4v) is 2.88. The standard InChI is InChI=1S/C14H19ClN2O2/c1-10-9-17(14(18)19)8-7-13(10)16(2)12-5-3-11(15)4-6-12/h3-6,10,13H,7-9H2,1-2H3,(H,18,19)/t10-,13+/m0/s1. The summed E-state index contributed by atoms with van der Waals surface area (Å²) in [5, 5.41) is 9.75. The molecule has 19 heavy (non-hydrogen) atoms. The van der Waals surface area contributed by atoms with Gasteiger partial charge in [0.05, 0.1) is 0 Å². The van der Waals surface area contributed by atoms with Gasteiger partial charge in [-0.1, -0.05) is 18.5 Å².